The summed E-state index contributed by atoms with van der Waals surface area (Å²) in [4.78, 5) is 0. The third kappa shape index (κ3) is 6.17. The van der Waals surface area contributed by atoms with Crippen molar-refractivity contribution < 1.29 is 14.2 Å². The van der Waals surface area contributed by atoms with E-state index in [0.29, 0.717) is 35.9 Å². The molecule has 0 aromatic heterocycles. The average Bonchev–Trinajstić information content (AvgIpc) is 3.27. The Kier molecular flexibility index (Phi) is 5.47. The topological polar surface area (TPSA) is 37.6 Å². The Morgan fingerprint density at radius 3 is 2.09 bits per heavy atom. The van der Waals surface area contributed by atoms with Gasteiger partial charge in [0.15, 0.2) is 0 Å². The second-order valence-corrected chi connectivity index (χ2v) is 8.72. The van der Waals surface area contributed by atoms with Crippen molar-refractivity contribution >= 4 is 0 Å². The van der Waals surface area contributed by atoms with Crippen LogP contribution in [-0.4, -0.2) is 37.1 Å². The van der Waals surface area contributed by atoms with Crippen molar-refractivity contribution in [3.63, 3.8) is 0 Å². The van der Waals surface area contributed by atoms with Crippen LogP contribution >= 0.6 is 0 Å². The Hall–Kier alpha value is -0.120. The molecule has 22 heavy (non-hydrogen) atoms. The minimum Gasteiger partial charge on any atom is -0.373 e. The van der Waals surface area contributed by atoms with Gasteiger partial charge in [-0.2, -0.15) is 0 Å². The predicted octanol–water partition coefficient (Wildman–Crippen LogP) is 4.48. The molecular formula is C19H34O3. The molecular weight excluding hydrogens is 276 g/mol. The molecule has 0 N–H and O–H groups in total. The summed E-state index contributed by atoms with van der Waals surface area (Å²) >= 11 is 0. The van der Waals surface area contributed by atoms with Gasteiger partial charge in [0.05, 0.1) is 37.1 Å². The second-order valence-electron chi connectivity index (χ2n) is 8.72. The van der Waals surface area contributed by atoms with E-state index in [4.69, 9.17) is 14.2 Å². The van der Waals surface area contributed by atoms with Crippen LogP contribution in [0.4, 0.5) is 0 Å². The van der Waals surface area contributed by atoms with Crippen molar-refractivity contribution in [2.45, 2.75) is 109 Å². The Labute approximate surface area is 136 Å². The highest BCUT2D eigenvalue weighted by Gasteiger charge is 2.49. The predicted molar refractivity (Wildman–Crippen MR) is 88.1 cm³/mol. The number of ether oxygens (including phenoxy) is 3. The van der Waals surface area contributed by atoms with E-state index in [0.717, 1.165) is 19.4 Å². The van der Waals surface area contributed by atoms with Crippen molar-refractivity contribution in [1.82, 2.24) is 0 Å². The lowest BCUT2D eigenvalue weighted by atomic mass is 9.89. The highest BCUT2D eigenvalue weighted by Crippen LogP contribution is 2.40. The molecule has 0 spiro atoms. The Morgan fingerprint density at radius 1 is 0.773 bits per heavy atom. The summed E-state index contributed by atoms with van der Waals surface area (Å²) < 4.78 is 16.8. The molecule has 0 radical (unpaired) electrons. The largest absolute Gasteiger partial charge is 0.373 e. The lowest BCUT2D eigenvalue weighted by Crippen LogP contribution is -2.04. The summed E-state index contributed by atoms with van der Waals surface area (Å²) in [7, 11) is 0. The van der Waals surface area contributed by atoms with E-state index < -0.39 is 0 Å². The molecule has 5 atom stereocenters. The molecule has 0 aromatic carbocycles. The SMILES string of the molecule is CC(C)(C)CCCCCCCC1OC1CC1OC1CC1CO1. The van der Waals surface area contributed by atoms with Gasteiger partial charge in [-0.05, 0) is 18.3 Å². The van der Waals surface area contributed by atoms with E-state index in [1.54, 1.807) is 0 Å². The van der Waals surface area contributed by atoms with Gasteiger partial charge in [-0.3, -0.25) is 0 Å². The summed E-state index contributed by atoms with van der Waals surface area (Å²) in [5, 5.41) is 0. The summed E-state index contributed by atoms with van der Waals surface area (Å²) in [5.41, 5.74) is 0.503. The first kappa shape index (κ1) is 16.7. The van der Waals surface area contributed by atoms with Crippen molar-refractivity contribution in [3.8, 4) is 0 Å². The number of rotatable bonds is 11. The van der Waals surface area contributed by atoms with Gasteiger partial charge >= 0.3 is 0 Å². The summed E-state index contributed by atoms with van der Waals surface area (Å²) in [6, 6.07) is 0. The first-order valence-corrected chi connectivity index (χ1v) is 9.44. The number of epoxide rings is 3. The normalized spacial score (nSPS) is 36.4. The molecule has 0 aliphatic carbocycles. The van der Waals surface area contributed by atoms with E-state index >= 15 is 0 Å². The van der Waals surface area contributed by atoms with E-state index in [9.17, 15) is 0 Å². The minimum atomic E-state index is 0.469. The number of hydrogen-bond donors (Lipinski definition) is 0. The van der Waals surface area contributed by atoms with Gasteiger partial charge in [-0.15, -0.1) is 0 Å². The Balaban J connectivity index is 1.11. The monoisotopic (exact) mass is 310 g/mol. The van der Waals surface area contributed by atoms with Crippen LogP contribution in [0.2, 0.25) is 0 Å². The fourth-order valence-electron chi connectivity index (χ4n) is 3.46. The van der Waals surface area contributed by atoms with Gasteiger partial charge in [-0.25, -0.2) is 0 Å². The van der Waals surface area contributed by atoms with E-state index in [1.807, 2.05) is 0 Å². The van der Waals surface area contributed by atoms with Crippen LogP contribution in [0.3, 0.4) is 0 Å². The summed E-state index contributed by atoms with van der Waals surface area (Å²) in [6.07, 6.45) is 14.2. The molecule has 128 valence electrons. The zero-order chi connectivity index (χ0) is 15.6. The molecule has 3 aliphatic rings. The molecule has 3 rings (SSSR count). The molecule has 3 fully saturated rings. The molecule has 0 bridgehead atoms. The van der Waals surface area contributed by atoms with Crippen molar-refractivity contribution in [2.75, 3.05) is 6.61 Å². The second kappa shape index (κ2) is 7.19. The third-order valence-electron chi connectivity index (χ3n) is 5.15. The first-order valence-electron chi connectivity index (χ1n) is 9.44. The fraction of sp³-hybridized carbons (Fsp3) is 1.00. The van der Waals surface area contributed by atoms with Crippen LogP contribution in [0.5, 0.6) is 0 Å². The van der Waals surface area contributed by atoms with Gasteiger partial charge in [0.2, 0.25) is 0 Å². The van der Waals surface area contributed by atoms with Crippen LogP contribution < -0.4 is 0 Å². The molecule has 3 heterocycles. The Bertz CT molecular complexity index is 345. The molecule has 3 aliphatic heterocycles. The number of hydrogen-bond acceptors (Lipinski definition) is 3. The quantitative estimate of drug-likeness (QED) is 0.417. The minimum absolute atomic E-state index is 0.469. The van der Waals surface area contributed by atoms with Crippen LogP contribution in [-0.2, 0) is 14.2 Å². The lowest BCUT2D eigenvalue weighted by molar-refractivity contribution is 0.311. The molecule has 0 aromatic rings. The first-order chi connectivity index (χ1) is 10.5. The Morgan fingerprint density at radius 2 is 1.36 bits per heavy atom. The molecule has 3 nitrogen and oxygen atoms in total. The highest BCUT2D eigenvalue weighted by atomic mass is 16.6. The molecule has 3 saturated heterocycles. The van der Waals surface area contributed by atoms with E-state index in [2.05, 4.69) is 20.8 Å². The average molecular weight is 310 g/mol. The maximum atomic E-state index is 5.80. The standard InChI is InChI=1S/C19H34O3/c1-19(2,3)10-8-6-4-5-7-9-15-17(21-15)12-18-16(22-18)11-14-13-20-14/h14-18H,4-13H2,1-3H3. The van der Waals surface area contributed by atoms with Crippen LogP contribution in [0.15, 0.2) is 0 Å². The van der Waals surface area contributed by atoms with Gasteiger partial charge in [0.1, 0.15) is 0 Å². The fourth-order valence-corrected chi connectivity index (χ4v) is 3.46. The van der Waals surface area contributed by atoms with Gasteiger partial charge in [-0.1, -0.05) is 52.9 Å². The number of unbranched alkanes of at least 4 members (excludes halogenated alkanes) is 4. The van der Waals surface area contributed by atoms with E-state index in [-0.39, 0.29) is 0 Å². The van der Waals surface area contributed by atoms with Gasteiger partial charge in [0.25, 0.3) is 0 Å². The van der Waals surface area contributed by atoms with E-state index in [1.165, 1.54) is 44.9 Å². The molecule has 0 saturated carbocycles. The van der Waals surface area contributed by atoms with Crippen LogP contribution in [0, 0.1) is 5.41 Å². The van der Waals surface area contributed by atoms with Crippen LogP contribution in [0.25, 0.3) is 0 Å². The van der Waals surface area contributed by atoms with Gasteiger partial charge in [0, 0.05) is 12.8 Å². The lowest BCUT2D eigenvalue weighted by Gasteiger charge is -2.17. The van der Waals surface area contributed by atoms with Gasteiger partial charge < -0.3 is 14.2 Å². The zero-order valence-electron chi connectivity index (χ0n) is 14.7. The highest BCUT2D eigenvalue weighted by molar-refractivity contribution is 4.96. The third-order valence-corrected chi connectivity index (χ3v) is 5.15. The smallest absolute Gasteiger partial charge is 0.0868 e. The molecule has 3 heteroatoms. The summed E-state index contributed by atoms with van der Waals surface area (Å²) in [6.45, 7) is 7.96. The molecule has 0 amide bonds. The maximum absolute atomic E-state index is 5.80. The van der Waals surface area contributed by atoms with Crippen molar-refractivity contribution in [2.24, 2.45) is 5.41 Å². The van der Waals surface area contributed by atoms with Crippen molar-refractivity contribution in [3.05, 3.63) is 0 Å². The zero-order valence-corrected chi connectivity index (χ0v) is 14.7. The van der Waals surface area contributed by atoms with Crippen molar-refractivity contribution in [1.29, 1.82) is 0 Å². The summed E-state index contributed by atoms with van der Waals surface area (Å²) in [5.74, 6) is 0. The molecule has 5 unspecified atom stereocenters. The maximum Gasteiger partial charge on any atom is 0.0868 e. The van der Waals surface area contributed by atoms with Crippen LogP contribution in [0.1, 0.15) is 78.6 Å².